The first kappa shape index (κ1) is 12.2. The molecule has 0 aromatic heterocycles. The lowest BCUT2D eigenvalue weighted by Crippen LogP contribution is -2.35. The van der Waals surface area contributed by atoms with Gasteiger partial charge in [0.25, 0.3) is 0 Å². The molecular formula is C14H13NO3. The monoisotopic (exact) mass is 243 g/mol. The average Bonchev–Trinajstić information content (AvgIpc) is 2.27. The Bertz CT molecular complexity index is 562. The van der Waals surface area contributed by atoms with Gasteiger partial charge in [-0.25, -0.2) is 4.79 Å². The van der Waals surface area contributed by atoms with Crippen LogP contribution in [0, 0.1) is 11.3 Å². The Morgan fingerprint density at radius 3 is 2.28 bits per heavy atom. The molecule has 0 saturated heterocycles. The highest BCUT2D eigenvalue weighted by atomic mass is 16.7. The first-order valence-corrected chi connectivity index (χ1v) is 5.57. The highest BCUT2D eigenvalue weighted by Crippen LogP contribution is 2.31. The van der Waals surface area contributed by atoms with E-state index >= 15 is 0 Å². The van der Waals surface area contributed by atoms with E-state index in [0.717, 1.165) is 0 Å². The van der Waals surface area contributed by atoms with Gasteiger partial charge in [0.15, 0.2) is 0 Å². The number of rotatable bonds is 1. The van der Waals surface area contributed by atoms with Crippen molar-refractivity contribution in [2.24, 2.45) is 0 Å². The lowest BCUT2D eigenvalue weighted by atomic mass is 10.0. The molecule has 0 radical (unpaired) electrons. The van der Waals surface area contributed by atoms with Gasteiger partial charge >= 0.3 is 5.97 Å². The van der Waals surface area contributed by atoms with Crippen LogP contribution in [0.15, 0.2) is 30.0 Å². The van der Waals surface area contributed by atoms with E-state index in [1.807, 2.05) is 6.07 Å². The summed E-state index contributed by atoms with van der Waals surface area (Å²) in [7, 11) is 0. The van der Waals surface area contributed by atoms with Crippen LogP contribution in [0.25, 0.3) is 5.57 Å². The SMILES string of the molecule is CC1=C(c2ccc(C#N)cc2)C(=O)OC(C)(C)O1. The lowest BCUT2D eigenvalue weighted by Gasteiger charge is -2.32. The Morgan fingerprint density at radius 1 is 1.17 bits per heavy atom. The van der Waals surface area contributed by atoms with Crippen LogP contribution in [0.1, 0.15) is 31.9 Å². The van der Waals surface area contributed by atoms with E-state index < -0.39 is 11.8 Å². The van der Waals surface area contributed by atoms with E-state index in [0.29, 0.717) is 22.5 Å². The minimum absolute atomic E-state index is 0.402. The molecule has 4 heteroatoms. The third-order valence-corrected chi connectivity index (χ3v) is 2.60. The van der Waals surface area contributed by atoms with Crippen LogP contribution in [-0.2, 0) is 14.3 Å². The summed E-state index contributed by atoms with van der Waals surface area (Å²) in [5.74, 6) is -0.813. The Hall–Kier alpha value is -2.28. The molecule has 0 fully saturated rings. The van der Waals surface area contributed by atoms with Gasteiger partial charge in [0.1, 0.15) is 11.3 Å². The number of benzene rings is 1. The highest BCUT2D eigenvalue weighted by Gasteiger charge is 2.34. The zero-order valence-corrected chi connectivity index (χ0v) is 10.5. The molecule has 0 aliphatic carbocycles. The molecule has 1 heterocycles. The molecule has 0 atom stereocenters. The molecule has 0 saturated carbocycles. The van der Waals surface area contributed by atoms with Gasteiger partial charge in [0, 0.05) is 13.8 Å². The molecule has 0 N–H and O–H groups in total. The first-order chi connectivity index (χ1) is 8.43. The number of nitrogens with zero attached hydrogens (tertiary/aromatic N) is 1. The van der Waals surface area contributed by atoms with Crippen LogP contribution in [0.2, 0.25) is 0 Å². The summed E-state index contributed by atoms with van der Waals surface area (Å²) in [6.45, 7) is 5.10. The summed E-state index contributed by atoms with van der Waals surface area (Å²) in [6.07, 6.45) is 0. The quantitative estimate of drug-likeness (QED) is 0.711. The van der Waals surface area contributed by atoms with Crippen molar-refractivity contribution in [2.45, 2.75) is 26.6 Å². The molecule has 92 valence electrons. The zero-order chi connectivity index (χ0) is 13.3. The van der Waals surface area contributed by atoms with Gasteiger partial charge in [-0.05, 0) is 24.6 Å². The van der Waals surface area contributed by atoms with Gasteiger partial charge < -0.3 is 9.47 Å². The molecule has 4 nitrogen and oxygen atoms in total. The fourth-order valence-corrected chi connectivity index (χ4v) is 1.89. The van der Waals surface area contributed by atoms with E-state index in [1.165, 1.54) is 0 Å². The number of esters is 1. The first-order valence-electron chi connectivity index (χ1n) is 5.57. The van der Waals surface area contributed by atoms with Crippen molar-refractivity contribution in [3.63, 3.8) is 0 Å². The fraction of sp³-hybridized carbons (Fsp3) is 0.286. The van der Waals surface area contributed by atoms with Gasteiger partial charge in [0.05, 0.1) is 11.6 Å². The largest absolute Gasteiger partial charge is 0.457 e. The van der Waals surface area contributed by atoms with Crippen molar-refractivity contribution in [3.8, 4) is 6.07 Å². The van der Waals surface area contributed by atoms with Crippen molar-refractivity contribution in [2.75, 3.05) is 0 Å². The molecule has 1 aliphatic heterocycles. The Morgan fingerprint density at radius 2 is 1.78 bits per heavy atom. The van der Waals surface area contributed by atoms with E-state index in [9.17, 15) is 4.79 Å². The van der Waals surface area contributed by atoms with Crippen molar-refractivity contribution < 1.29 is 14.3 Å². The predicted octanol–water partition coefficient (Wildman–Crippen LogP) is 2.60. The second-order valence-corrected chi connectivity index (χ2v) is 4.51. The van der Waals surface area contributed by atoms with Crippen LogP contribution in [0.3, 0.4) is 0 Å². The van der Waals surface area contributed by atoms with Crippen LogP contribution in [0.5, 0.6) is 0 Å². The molecule has 1 aromatic carbocycles. The predicted molar refractivity (Wildman–Crippen MR) is 65.0 cm³/mol. The van der Waals surface area contributed by atoms with Crippen molar-refractivity contribution in [3.05, 3.63) is 41.2 Å². The summed E-state index contributed by atoms with van der Waals surface area (Å²) in [4.78, 5) is 12.0. The fourth-order valence-electron chi connectivity index (χ4n) is 1.89. The number of carbonyl (C=O) groups is 1. The maximum atomic E-state index is 12.0. The number of ether oxygens (including phenoxy) is 2. The van der Waals surface area contributed by atoms with Crippen molar-refractivity contribution in [1.82, 2.24) is 0 Å². The molecule has 0 bridgehead atoms. The van der Waals surface area contributed by atoms with E-state index in [1.54, 1.807) is 45.0 Å². The topological polar surface area (TPSA) is 59.3 Å². The molecule has 1 aromatic rings. The number of allylic oxidation sites excluding steroid dienone is 1. The minimum Gasteiger partial charge on any atom is -0.457 e. The average molecular weight is 243 g/mol. The smallest absolute Gasteiger partial charge is 0.345 e. The summed E-state index contributed by atoms with van der Waals surface area (Å²) >= 11 is 0. The summed E-state index contributed by atoms with van der Waals surface area (Å²) in [6, 6.07) is 8.76. The summed E-state index contributed by atoms with van der Waals surface area (Å²) < 4.78 is 10.7. The van der Waals surface area contributed by atoms with Crippen LogP contribution < -0.4 is 0 Å². The van der Waals surface area contributed by atoms with Crippen LogP contribution >= 0.6 is 0 Å². The normalized spacial score (nSPS) is 17.8. The Labute approximate surface area is 105 Å². The van der Waals surface area contributed by atoms with E-state index in [-0.39, 0.29) is 0 Å². The second-order valence-electron chi connectivity index (χ2n) is 4.51. The minimum atomic E-state index is -0.933. The van der Waals surface area contributed by atoms with Crippen molar-refractivity contribution >= 4 is 11.5 Å². The lowest BCUT2D eigenvalue weighted by molar-refractivity contribution is -0.202. The highest BCUT2D eigenvalue weighted by molar-refractivity contribution is 6.17. The van der Waals surface area contributed by atoms with Crippen LogP contribution in [-0.4, -0.2) is 11.8 Å². The van der Waals surface area contributed by atoms with Gasteiger partial charge in [-0.1, -0.05) is 12.1 Å². The number of cyclic esters (lactones) is 1. The zero-order valence-electron chi connectivity index (χ0n) is 10.5. The van der Waals surface area contributed by atoms with Gasteiger partial charge in [0.2, 0.25) is 5.79 Å². The number of nitriles is 1. The molecule has 0 amide bonds. The second kappa shape index (κ2) is 4.19. The standard InChI is InChI=1S/C14H13NO3/c1-9-12(13(16)18-14(2,3)17-9)11-6-4-10(8-15)5-7-11/h4-7H,1-3H3. The molecule has 0 spiro atoms. The Kier molecular flexibility index (Phi) is 2.84. The van der Waals surface area contributed by atoms with Gasteiger partial charge in [-0.15, -0.1) is 0 Å². The van der Waals surface area contributed by atoms with Crippen LogP contribution in [0.4, 0.5) is 0 Å². The molecule has 1 aliphatic rings. The molecule has 0 unspecified atom stereocenters. The third kappa shape index (κ3) is 2.21. The number of carbonyl (C=O) groups excluding carboxylic acids is 1. The van der Waals surface area contributed by atoms with Gasteiger partial charge in [-0.3, -0.25) is 0 Å². The van der Waals surface area contributed by atoms with E-state index in [4.69, 9.17) is 14.7 Å². The summed E-state index contributed by atoms with van der Waals surface area (Å²) in [5.41, 5.74) is 1.63. The third-order valence-electron chi connectivity index (χ3n) is 2.60. The molecular weight excluding hydrogens is 230 g/mol. The Balaban J connectivity index is 2.43. The van der Waals surface area contributed by atoms with E-state index in [2.05, 4.69) is 0 Å². The molecule has 2 rings (SSSR count). The number of hydrogen-bond donors (Lipinski definition) is 0. The maximum absolute atomic E-state index is 12.0. The number of hydrogen-bond acceptors (Lipinski definition) is 4. The molecule has 18 heavy (non-hydrogen) atoms. The van der Waals surface area contributed by atoms with Gasteiger partial charge in [-0.2, -0.15) is 5.26 Å². The maximum Gasteiger partial charge on any atom is 0.345 e. The van der Waals surface area contributed by atoms with Crippen molar-refractivity contribution in [1.29, 1.82) is 5.26 Å². The summed E-state index contributed by atoms with van der Waals surface area (Å²) in [5, 5.41) is 8.73.